The van der Waals surface area contributed by atoms with Crippen LogP contribution in [0.3, 0.4) is 0 Å². The van der Waals surface area contributed by atoms with Crippen molar-refractivity contribution in [2.24, 2.45) is 5.73 Å². The number of nitrogens with two attached hydrogens (primary N) is 1. The van der Waals surface area contributed by atoms with Crippen molar-refractivity contribution in [3.05, 3.63) is 6.42 Å². The minimum atomic E-state index is 0.411. The molecular formula is C6H12N+. The van der Waals surface area contributed by atoms with Crippen LogP contribution in [0.2, 0.25) is 0 Å². The van der Waals surface area contributed by atoms with Crippen molar-refractivity contribution in [2.75, 3.05) is 0 Å². The number of hydrogen-bond donors (Lipinski definition) is 1. The first-order valence-electron chi connectivity index (χ1n) is 2.98. The Morgan fingerprint density at radius 2 is 2.29 bits per heavy atom. The average molecular weight is 98.2 g/mol. The van der Waals surface area contributed by atoms with Gasteiger partial charge in [0.2, 0.25) is 0 Å². The largest absolute Gasteiger partial charge is 0.290 e. The lowest BCUT2D eigenvalue weighted by molar-refractivity contribution is 0.530. The van der Waals surface area contributed by atoms with Gasteiger partial charge in [0.1, 0.15) is 6.04 Å². The van der Waals surface area contributed by atoms with Gasteiger partial charge >= 0.3 is 0 Å². The average Bonchev–Trinajstić information content (AvgIpc) is 1.69. The molecular weight excluding hydrogens is 86.1 g/mol. The quantitative estimate of drug-likeness (QED) is 0.451. The minimum Gasteiger partial charge on any atom is -0.290 e. The van der Waals surface area contributed by atoms with E-state index in [2.05, 4.69) is 6.42 Å². The number of hydrogen-bond acceptors (Lipinski definition) is 1. The van der Waals surface area contributed by atoms with Crippen LogP contribution in [0.25, 0.3) is 0 Å². The Morgan fingerprint density at radius 3 is 2.57 bits per heavy atom. The van der Waals surface area contributed by atoms with Crippen molar-refractivity contribution in [1.29, 1.82) is 0 Å². The summed E-state index contributed by atoms with van der Waals surface area (Å²) in [5.74, 6) is 0. The molecule has 1 saturated carbocycles. The van der Waals surface area contributed by atoms with E-state index in [9.17, 15) is 0 Å². The normalized spacial score (nSPS) is 31.9. The van der Waals surface area contributed by atoms with E-state index in [1.807, 2.05) is 0 Å². The predicted octanol–water partition coefficient (Wildman–Crippen LogP) is 1.09. The van der Waals surface area contributed by atoms with Gasteiger partial charge in [0.25, 0.3) is 0 Å². The molecule has 1 heteroatoms. The highest BCUT2D eigenvalue weighted by Crippen LogP contribution is 2.13. The van der Waals surface area contributed by atoms with Crippen LogP contribution >= 0.6 is 0 Å². The van der Waals surface area contributed by atoms with Crippen molar-refractivity contribution >= 4 is 0 Å². The predicted molar refractivity (Wildman–Crippen MR) is 30.7 cm³/mol. The first-order valence-corrected chi connectivity index (χ1v) is 2.98. The van der Waals surface area contributed by atoms with Gasteiger partial charge in [-0.2, -0.15) is 0 Å². The zero-order valence-electron chi connectivity index (χ0n) is 4.56. The lowest BCUT2D eigenvalue weighted by atomic mass is 9.97. The van der Waals surface area contributed by atoms with Crippen molar-refractivity contribution < 1.29 is 0 Å². The molecule has 1 unspecified atom stereocenters. The van der Waals surface area contributed by atoms with E-state index in [0.29, 0.717) is 6.04 Å². The van der Waals surface area contributed by atoms with Crippen molar-refractivity contribution in [1.82, 2.24) is 0 Å². The Kier molecular flexibility index (Phi) is 1.58. The second kappa shape index (κ2) is 2.22. The van der Waals surface area contributed by atoms with E-state index in [-0.39, 0.29) is 0 Å². The summed E-state index contributed by atoms with van der Waals surface area (Å²) in [6, 6.07) is 0.411. The zero-order valence-corrected chi connectivity index (χ0v) is 4.56. The van der Waals surface area contributed by atoms with E-state index in [0.717, 1.165) is 0 Å². The van der Waals surface area contributed by atoms with Gasteiger partial charge in [-0.25, -0.2) is 0 Å². The van der Waals surface area contributed by atoms with Crippen LogP contribution in [0.15, 0.2) is 0 Å². The molecule has 0 aliphatic heterocycles. The fourth-order valence-electron chi connectivity index (χ4n) is 0.974. The van der Waals surface area contributed by atoms with Gasteiger partial charge in [0.05, 0.1) is 12.8 Å². The molecule has 0 spiro atoms. The lowest BCUT2D eigenvalue weighted by Gasteiger charge is -2.06. The molecule has 0 saturated heterocycles. The Bertz CT molecular complexity index is 46.1. The van der Waals surface area contributed by atoms with Gasteiger partial charge in [-0.05, 0) is 12.8 Å². The van der Waals surface area contributed by atoms with Gasteiger partial charge in [-0.1, -0.05) is 0 Å². The summed E-state index contributed by atoms with van der Waals surface area (Å²) >= 11 is 0. The van der Waals surface area contributed by atoms with Crippen LogP contribution in [-0.2, 0) is 0 Å². The first kappa shape index (κ1) is 4.98. The molecule has 0 aromatic heterocycles. The maximum absolute atomic E-state index is 5.58. The monoisotopic (exact) mass is 98.1 g/mol. The van der Waals surface area contributed by atoms with Gasteiger partial charge in [-0.15, -0.1) is 0 Å². The lowest BCUT2D eigenvalue weighted by Crippen LogP contribution is -2.22. The molecule has 0 heterocycles. The molecule has 1 nitrogen and oxygen atoms in total. The van der Waals surface area contributed by atoms with Crippen molar-refractivity contribution in [3.63, 3.8) is 0 Å². The summed E-state index contributed by atoms with van der Waals surface area (Å²) in [5, 5.41) is 0. The zero-order chi connectivity index (χ0) is 5.11. The second-order valence-electron chi connectivity index (χ2n) is 2.18. The number of rotatable bonds is 0. The highest BCUT2D eigenvalue weighted by atomic mass is 14.6. The third-order valence-electron chi connectivity index (χ3n) is 1.46. The molecule has 7 heavy (non-hydrogen) atoms. The van der Waals surface area contributed by atoms with E-state index in [1.165, 1.54) is 25.7 Å². The highest BCUT2D eigenvalue weighted by Gasteiger charge is 2.15. The summed E-state index contributed by atoms with van der Waals surface area (Å²) in [6.45, 7) is 0. The maximum Gasteiger partial charge on any atom is 0.146 e. The molecule has 1 aliphatic rings. The maximum atomic E-state index is 5.58. The van der Waals surface area contributed by atoms with Crippen LogP contribution in [0.1, 0.15) is 25.7 Å². The van der Waals surface area contributed by atoms with Crippen LogP contribution in [0, 0.1) is 6.42 Å². The summed E-state index contributed by atoms with van der Waals surface area (Å²) in [5.41, 5.74) is 5.58. The Hall–Kier alpha value is -0.170. The fourth-order valence-corrected chi connectivity index (χ4v) is 0.974. The second-order valence-corrected chi connectivity index (χ2v) is 2.18. The molecule has 0 aromatic carbocycles. The molecule has 1 atom stereocenters. The van der Waals surface area contributed by atoms with Crippen LogP contribution in [0.5, 0.6) is 0 Å². The van der Waals surface area contributed by atoms with E-state index in [4.69, 9.17) is 5.73 Å². The molecule has 0 bridgehead atoms. The molecule has 1 aliphatic carbocycles. The smallest absolute Gasteiger partial charge is 0.146 e. The SMILES string of the molecule is NC1[CH+]CCCC1. The van der Waals surface area contributed by atoms with E-state index >= 15 is 0 Å². The summed E-state index contributed by atoms with van der Waals surface area (Å²) < 4.78 is 0. The van der Waals surface area contributed by atoms with Crippen LogP contribution in [-0.4, -0.2) is 6.04 Å². The van der Waals surface area contributed by atoms with Crippen molar-refractivity contribution in [2.45, 2.75) is 31.7 Å². The molecule has 1 rings (SSSR count). The van der Waals surface area contributed by atoms with E-state index in [1.54, 1.807) is 0 Å². The van der Waals surface area contributed by atoms with Crippen LogP contribution in [0.4, 0.5) is 0 Å². The first-order chi connectivity index (χ1) is 3.39. The standard InChI is InChI=1S/C6H12N/c7-6-4-2-1-3-5-6/h4,6H,1-3,5,7H2/q+1. The van der Waals surface area contributed by atoms with Crippen molar-refractivity contribution in [3.8, 4) is 0 Å². The third kappa shape index (κ3) is 1.39. The summed E-state index contributed by atoms with van der Waals surface area (Å²) in [7, 11) is 0. The molecule has 0 amide bonds. The van der Waals surface area contributed by atoms with Gasteiger partial charge in [-0.3, -0.25) is 5.73 Å². The molecule has 1 fully saturated rings. The molecule has 0 aromatic rings. The molecule has 0 radical (unpaired) electrons. The Balaban J connectivity index is 2.12. The fraction of sp³-hybridized carbons (Fsp3) is 0.833. The Labute approximate surface area is 44.9 Å². The summed E-state index contributed by atoms with van der Waals surface area (Å²) in [6.07, 6.45) is 7.34. The van der Waals surface area contributed by atoms with E-state index < -0.39 is 0 Å². The Morgan fingerprint density at radius 1 is 1.43 bits per heavy atom. The molecule has 40 valence electrons. The van der Waals surface area contributed by atoms with Gasteiger partial charge < -0.3 is 0 Å². The van der Waals surface area contributed by atoms with Gasteiger partial charge in [0, 0.05) is 6.42 Å². The third-order valence-corrected chi connectivity index (χ3v) is 1.46. The minimum absolute atomic E-state index is 0.411. The molecule has 2 N–H and O–H groups in total. The highest BCUT2D eigenvalue weighted by molar-refractivity contribution is 4.83. The van der Waals surface area contributed by atoms with Gasteiger partial charge in [0.15, 0.2) is 0 Å². The topological polar surface area (TPSA) is 26.0 Å². The summed E-state index contributed by atoms with van der Waals surface area (Å²) in [4.78, 5) is 0. The van der Waals surface area contributed by atoms with Crippen LogP contribution < -0.4 is 5.73 Å².